The van der Waals surface area contributed by atoms with E-state index in [0.29, 0.717) is 17.5 Å². The summed E-state index contributed by atoms with van der Waals surface area (Å²) < 4.78 is 7.18. The Bertz CT molecular complexity index is 3850. The van der Waals surface area contributed by atoms with Gasteiger partial charge in [0, 0.05) is 64.1 Å². The Balaban J connectivity index is 1.01. The van der Waals surface area contributed by atoms with Crippen molar-refractivity contribution in [2.45, 2.75) is 0 Å². The van der Waals surface area contributed by atoms with Crippen LogP contribution in [0.1, 0.15) is 0 Å². The Morgan fingerprint density at radius 2 is 0.810 bits per heavy atom. The van der Waals surface area contributed by atoms with Gasteiger partial charge in [-0.25, -0.2) is 15.0 Å². The third-order valence-electron chi connectivity index (χ3n) is 12.4. The van der Waals surface area contributed by atoms with Crippen molar-refractivity contribution < 1.29 is 0 Å². The minimum absolute atomic E-state index is 0.650. The molecule has 0 N–H and O–H groups in total. The first-order chi connectivity index (χ1) is 31.2. The highest BCUT2D eigenvalue weighted by molar-refractivity contribution is 7.26. The van der Waals surface area contributed by atoms with Crippen LogP contribution >= 0.6 is 11.3 Å². The molecule has 13 rings (SSSR count). The second-order valence-corrected chi connectivity index (χ2v) is 17.0. The first kappa shape index (κ1) is 35.6. The molecule has 0 atom stereocenters. The number of hydrogen-bond donors (Lipinski definition) is 0. The maximum atomic E-state index is 5.18. The molecule has 0 fully saturated rings. The van der Waals surface area contributed by atoms with E-state index in [0.717, 1.165) is 43.8 Å². The van der Waals surface area contributed by atoms with E-state index >= 15 is 0 Å². The van der Waals surface area contributed by atoms with Gasteiger partial charge in [-0.2, -0.15) is 0 Å². The third-order valence-corrected chi connectivity index (χ3v) is 13.6. The molecule has 0 unspecified atom stereocenters. The molecule has 0 aliphatic heterocycles. The zero-order valence-corrected chi connectivity index (χ0v) is 34.7. The molecular formula is C57H35N5S. The summed E-state index contributed by atoms with van der Waals surface area (Å²) in [5.74, 6) is 1.95. The number of nitrogens with zero attached hydrogens (tertiary/aromatic N) is 5. The van der Waals surface area contributed by atoms with Gasteiger partial charge in [-0.3, -0.25) is 0 Å². The number of thiophene rings is 1. The van der Waals surface area contributed by atoms with Crippen LogP contribution in [0.4, 0.5) is 0 Å². The van der Waals surface area contributed by atoms with E-state index in [1.54, 1.807) is 11.3 Å². The predicted molar refractivity (Wildman–Crippen MR) is 263 cm³/mol. The maximum absolute atomic E-state index is 5.18. The standard InChI is InChI=1S/C57H35N5S/c1-4-16-36(17-5-1)55-58-56(37-18-6-2-7-19-37)60-57(59-55)44-30-33-51(53-43-24-12-15-27-52(43)63-54(44)53)62-48-26-14-11-23-42(48)46-35-39(29-32-50(46)62)38-28-31-49-45(34-38)41-22-10-13-25-47(41)61(49)40-20-8-3-9-21-40/h1-35H. The van der Waals surface area contributed by atoms with Crippen molar-refractivity contribution in [2.75, 3.05) is 0 Å². The Hall–Kier alpha value is -8.19. The smallest absolute Gasteiger partial charge is 0.165 e. The largest absolute Gasteiger partial charge is 0.309 e. The normalized spacial score (nSPS) is 11.8. The van der Waals surface area contributed by atoms with Gasteiger partial charge >= 0.3 is 0 Å². The molecule has 6 heteroatoms. The van der Waals surface area contributed by atoms with Gasteiger partial charge in [0.15, 0.2) is 17.5 Å². The summed E-state index contributed by atoms with van der Waals surface area (Å²) in [5, 5.41) is 7.31. The molecule has 0 aliphatic carbocycles. The Labute approximate surface area is 366 Å². The summed E-state index contributed by atoms with van der Waals surface area (Å²) in [4.78, 5) is 15.4. The van der Waals surface area contributed by atoms with Crippen LogP contribution in [0.2, 0.25) is 0 Å². The van der Waals surface area contributed by atoms with Crippen LogP contribution in [-0.4, -0.2) is 24.1 Å². The fourth-order valence-corrected chi connectivity index (χ4v) is 10.8. The van der Waals surface area contributed by atoms with Crippen molar-refractivity contribution in [1.82, 2.24) is 24.1 Å². The van der Waals surface area contributed by atoms with Crippen LogP contribution in [0.3, 0.4) is 0 Å². The first-order valence-electron chi connectivity index (χ1n) is 21.2. The lowest BCUT2D eigenvalue weighted by Crippen LogP contribution is -2.01. The molecule has 0 bridgehead atoms. The fraction of sp³-hybridized carbons (Fsp3) is 0. The molecule has 0 saturated heterocycles. The van der Waals surface area contributed by atoms with E-state index in [-0.39, 0.29) is 0 Å². The van der Waals surface area contributed by atoms with Gasteiger partial charge < -0.3 is 9.13 Å². The lowest BCUT2D eigenvalue weighted by molar-refractivity contribution is 1.08. The van der Waals surface area contributed by atoms with Gasteiger partial charge in [0.05, 0.1) is 27.8 Å². The first-order valence-corrected chi connectivity index (χ1v) is 22.0. The number of aromatic nitrogens is 5. The van der Waals surface area contributed by atoms with E-state index in [2.05, 4.69) is 185 Å². The number of hydrogen-bond acceptors (Lipinski definition) is 4. The molecule has 9 aromatic carbocycles. The highest BCUT2D eigenvalue weighted by atomic mass is 32.1. The number of benzene rings is 9. The molecule has 294 valence electrons. The lowest BCUT2D eigenvalue weighted by atomic mass is 10.0. The molecule has 0 spiro atoms. The van der Waals surface area contributed by atoms with Crippen molar-refractivity contribution in [2.24, 2.45) is 0 Å². The molecule has 0 amide bonds. The second kappa shape index (κ2) is 14.2. The minimum Gasteiger partial charge on any atom is -0.309 e. The predicted octanol–water partition coefficient (Wildman–Crippen LogP) is 15.1. The number of rotatable bonds is 6. The van der Waals surface area contributed by atoms with E-state index in [9.17, 15) is 0 Å². The molecule has 5 nitrogen and oxygen atoms in total. The molecule has 13 aromatic rings. The molecular weight excluding hydrogens is 787 g/mol. The molecule has 63 heavy (non-hydrogen) atoms. The summed E-state index contributed by atoms with van der Waals surface area (Å²) in [7, 11) is 0. The number of fused-ring (bicyclic) bond motifs is 9. The van der Waals surface area contributed by atoms with Gasteiger partial charge in [-0.05, 0) is 77.9 Å². The van der Waals surface area contributed by atoms with Crippen LogP contribution in [0.15, 0.2) is 212 Å². The van der Waals surface area contributed by atoms with E-state index in [1.807, 2.05) is 36.4 Å². The van der Waals surface area contributed by atoms with Gasteiger partial charge in [0.1, 0.15) is 0 Å². The van der Waals surface area contributed by atoms with Crippen molar-refractivity contribution in [1.29, 1.82) is 0 Å². The van der Waals surface area contributed by atoms with Gasteiger partial charge in [-0.15, -0.1) is 11.3 Å². The zero-order chi connectivity index (χ0) is 41.4. The summed E-state index contributed by atoms with van der Waals surface area (Å²) in [5.41, 5.74) is 12.3. The molecule has 0 saturated carbocycles. The third kappa shape index (κ3) is 5.66. The van der Waals surface area contributed by atoms with Crippen LogP contribution in [0.5, 0.6) is 0 Å². The fourth-order valence-electron chi connectivity index (χ4n) is 9.52. The average molecular weight is 822 g/mol. The molecule has 4 aromatic heterocycles. The van der Waals surface area contributed by atoms with Crippen molar-refractivity contribution in [3.63, 3.8) is 0 Å². The second-order valence-electron chi connectivity index (χ2n) is 16.0. The Kier molecular flexibility index (Phi) is 8.01. The van der Waals surface area contributed by atoms with Gasteiger partial charge in [0.2, 0.25) is 0 Å². The molecule has 0 radical (unpaired) electrons. The average Bonchev–Trinajstić information content (AvgIpc) is 4.02. The summed E-state index contributed by atoms with van der Waals surface area (Å²) >= 11 is 1.79. The van der Waals surface area contributed by atoms with Crippen LogP contribution in [0, 0.1) is 0 Å². The minimum atomic E-state index is 0.650. The summed E-state index contributed by atoms with van der Waals surface area (Å²) in [6.07, 6.45) is 0. The SMILES string of the molecule is c1ccc(-c2nc(-c3ccccc3)nc(-c3ccc(-n4c5ccccc5c5cc(-c6ccc7c(c6)c6ccccc6n7-c6ccccc6)ccc54)c4c3sc3ccccc34)n2)cc1. The zero-order valence-electron chi connectivity index (χ0n) is 33.9. The molecule has 4 heterocycles. The topological polar surface area (TPSA) is 48.5 Å². The van der Waals surface area contributed by atoms with Crippen molar-refractivity contribution >= 4 is 75.1 Å². The lowest BCUT2D eigenvalue weighted by Gasteiger charge is -2.14. The maximum Gasteiger partial charge on any atom is 0.165 e. The quantitative estimate of drug-likeness (QED) is 0.168. The van der Waals surface area contributed by atoms with Crippen molar-refractivity contribution in [3.05, 3.63) is 212 Å². The van der Waals surface area contributed by atoms with Gasteiger partial charge in [0.25, 0.3) is 0 Å². The van der Waals surface area contributed by atoms with Crippen LogP contribution < -0.4 is 0 Å². The highest BCUT2D eigenvalue weighted by Crippen LogP contribution is 2.45. The van der Waals surface area contributed by atoms with Crippen molar-refractivity contribution in [3.8, 4) is 56.7 Å². The highest BCUT2D eigenvalue weighted by Gasteiger charge is 2.22. The van der Waals surface area contributed by atoms with E-state index in [1.165, 1.54) is 59.2 Å². The van der Waals surface area contributed by atoms with E-state index in [4.69, 9.17) is 15.0 Å². The summed E-state index contributed by atoms with van der Waals surface area (Å²) in [6.45, 7) is 0. The van der Waals surface area contributed by atoms with Gasteiger partial charge in [-0.1, -0.05) is 146 Å². The van der Waals surface area contributed by atoms with Crippen LogP contribution in [0.25, 0.3) is 120 Å². The van der Waals surface area contributed by atoms with E-state index < -0.39 is 0 Å². The van der Waals surface area contributed by atoms with Crippen LogP contribution in [-0.2, 0) is 0 Å². The number of para-hydroxylation sites is 3. The summed E-state index contributed by atoms with van der Waals surface area (Å²) in [6, 6.07) is 75.6. The Morgan fingerprint density at radius 1 is 0.333 bits per heavy atom. The molecule has 0 aliphatic rings. The Morgan fingerprint density at radius 3 is 1.43 bits per heavy atom. The monoisotopic (exact) mass is 821 g/mol.